The molecule has 2 N–H and O–H groups in total. The predicted molar refractivity (Wildman–Crippen MR) is 120 cm³/mol. The molecule has 31 heavy (non-hydrogen) atoms. The van der Waals surface area contributed by atoms with Crippen LogP contribution in [0.15, 0.2) is 50.9 Å². The Morgan fingerprint density at radius 1 is 1.13 bits per heavy atom. The van der Waals surface area contributed by atoms with Crippen molar-refractivity contribution in [2.75, 3.05) is 19.3 Å². The molecule has 1 amide bonds. The van der Waals surface area contributed by atoms with E-state index in [2.05, 4.69) is 20.0 Å². The maximum atomic E-state index is 12.7. The first kappa shape index (κ1) is 23.0. The number of nitrogens with one attached hydrogen (secondary N) is 2. The molecule has 0 aliphatic carbocycles. The van der Waals surface area contributed by atoms with E-state index in [-0.39, 0.29) is 23.9 Å². The van der Waals surface area contributed by atoms with E-state index in [1.54, 1.807) is 38.1 Å². The SMILES string of the molecule is CSc1nc(-c2ccco2)nc(C)c1C(=O)NCCNS(=O)(=O)c1cc(C)ccc1C. The Labute approximate surface area is 185 Å². The summed E-state index contributed by atoms with van der Waals surface area (Å²) in [5.41, 5.74) is 2.40. The number of furan rings is 1. The summed E-state index contributed by atoms with van der Waals surface area (Å²) in [5.74, 6) is 0.565. The van der Waals surface area contributed by atoms with E-state index in [1.807, 2.05) is 19.2 Å². The Bertz CT molecular complexity index is 1190. The second kappa shape index (κ2) is 9.63. The van der Waals surface area contributed by atoms with Crippen molar-refractivity contribution in [1.82, 2.24) is 20.0 Å². The molecule has 0 spiro atoms. The van der Waals surface area contributed by atoms with E-state index in [1.165, 1.54) is 18.0 Å². The van der Waals surface area contributed by atoms with E-state index < -0.39 is 10.0 Å². The zero-order valence-electron chi connectivity index (χ0n) is 17.7. The van der Waals surface area contributed by atoms with Crippen LogP contribution in [-0.4, -0.2) is 43.6 Å². The van der Waals surface area contributed by atoms with Crippen LogP contribution in [0.2, 0.25) is 0 Å². The van der Waals surface area contributed by atoms with Gasteiger partial charge < -0.3 is 9.73 Å². The van der Waals surface area contributed by atoms with Crippen molar-refractivity contribution in [3.63, 3.8) is 0 Å². The van der Waals surface area contributed by atoms with E-state index in [4.69, 9.17) is 4.42 Å². The largest absolute Gasteiger partial charge is 0.461 e. The number of sulfonamides is 1. The van der Waals surface area contributed by atoms with Crippen LogP contribution < -0.4 is 10.0 Å². The zero-order chi connectivity index (χ0) is 22.6. The molecule has 0 aliphatic rings. The first-order valence-electron chi connectivity index (χ1n) is 9.54. The van der Waals surface area contributed by atoms with Gasteiger partial charge in [0, 0.05) is 13.1 Å². The Kier molecular flexibility index (Phi) is 7.14. The standard InChI is InChI=1S/C21H24N4O4S2/c1-13-7-8-14(2)17(12-13)31(27,28)23-10-9-22-20(26)18-15(3)24-19(25-21(18)30-4)16-6-5-11-29-16/h5-8,11-12,23H,9-10H2,1-4H3,(H,22,26). The van der Waals surface area contributed by atoms with Gasteiger partial charge in [-0.25, -0.2) is 23.1 Å². The molecular weight excluding hydrogens is 436 g/mol. The fourth-order valence-electron chi connectivity index (χ4n) is 3.00. The van der Waals surface area contributed by atoms with Gasteiger partial charge in [0.15, 0.2) is 11.6 Å². The van der Waals surface area contributed by atoms with Crippen molar-refractivity contribution < 1.29 is 17.6 Å². The van der Waals surface area contributed by atoms with Crippen molar-refractivity contribution in [1.29, 1.82) is 0 Å². The highest BCUT2D eigenvalue weighted by atomic mass is 32.2. The fourth-order valence-corrected chi connectivity index (χ4v) is 4.98. The Hall–Kier alpha value is -2.69. The maximum absolute atomic E-state index is 12.7. The van der Waals surface area contributed by atoms with Crippen LogP contribution >= 0.6 is 11.8 Å². The molecule has 0 radical (unpaired) electrons. The third kappa shape index (κ3) is 5.33. The van der Waals surface area contributed by atoms with Crippen LogP contribution in [-0.2, 0) is 10.0 Å². The molecule has 0 saturated heterocycles. The summed E-state index contributed by atoms with van der Waals surface area (Å²) >= 11 is 1.33. The van der Waals surface area contributed by atoms with Gasteiger partial charge >= 0.3 is 0 Å². The van der Waals surface area contributed by atoms with Crippen molar-refractivity contribution in [3.05, 3.63) is 59.0 Å². The molecule has 1 aromatic carbocycles. The lowest BCUT2D eigenvalue weighted by Crippen LogP contribution is -2.35. The minimum absolute atomic E-state index is 0.0560. The van der Waals surface area contributed by atoms with E-state index in [9.17, 15) is 13.2 Å². The smallest absolute Gasteiger partial charge is 0.255 e. The first-order chi connectivity index (χ1) is 14.7. The van der Waals surface area contributed by atoms with Gasteiger partial charge in [-0.05, 0) is 56.4 Å². The summed E-state index contributed by atoms with van der Waals surface area (Å²) in [4.78, 5) is 21.8. The van der Waals surface area contributed by atoms with Crippen molar-refractivity contribution >= 4 is 27.7 Å². The molecule has 0 unspecified atom stereocenters. The molecule has 3 aromatic rings. The van der Waals surface area contributed by atoms with Gasteiger partial charge in [0.25, 0.3) is 5.91 Å². The quantitative estimate of drug-likeness (QED) is 0.302. The normalized spacial score (nSPS) is 11.5. The lowest BCUT2D eigenvalue weighted by atomic mass is 10.2. The summed E-state index contributed by atoms with van der Waals surface area (Å²) in [6.45, 7) is 5.49. The average molecular weight is 461 g/mol. The summed E-state index contributed by atoms with van der Waals surface area (Å²) in [6.07, 6.45) is 3.36. The number of carbonyl (C=O) groups excluding carboxylic acids is 1. The molecule has 164 valence electrons. The third-order valence-electron chi connectivity index (χ3n) is 4.55. The monoisotopic (exact) mass is 460 g/mol. The molecule has 2 aromatic heterocycles. The molecule has 3 rings (SSSR count). The van der Waals surface area contributed by atoms with Crippen LogP contribution in [0.4, 0.5) is 0 Å². The number of rotatable bonds is 8. The molecule has 0 atom stereocenters. The Morgan fingerprint density at radius 3 is 2.58 bits per heavy atom. The summed E-state index contributed by atoms with van der Waals surface area (Å²) in [7, 11) is -3.67. The molecule has 0 aliphatic heterocycles. The van der Waals surface area contributed by atoms with E-state index in [0.29, 0.717) is 33.4 Å². The van der Waals surface area contributed by atoms with E-state index >= 15 is 0 Å². The van der Waals surface area contributed by atoms with Crippen molar-refractivity contribution in [2.45, 2.75) is 30.7 Å². The van der Waals surface area contributed by atoms with Gasteiger partial charge in [0.1, 0.15) is 5.03 Å². The summed E-state index contributed by atoms with van der Waals surface area (Å²) < 4.78 is 33.0. The molecule has 10 heteroatoms. The van der Waals surface area contributed by atoms with E-state index in [0.717, 1.165) is 5.56 Å². The first-order valence-corrected chi connectivity index (χ1v) is 12.3. The second-order valence-electron chi connectivity index (χ2n) is 6.92. The van der Waals surface area contributed by atoms with Crippen LogP contribution in [0, 0.1) is 20.8 Å². The molecule has 8 nitrogen and oxygen atoms in total. The number of benzene rings is 1. The highest BCUT2D eigenvalue weighted by Crippen LogP contribution is 2.25. The molecule has 0 saturated carbocycles. The number of amides is 1. The molecular formula is C21H24N4O4S2. The topological polar surface area (TPSA) is 114 Å². The third-order valence-corrected chi connectivity index (χ3v) is 6.84. The summed E-state index contributed by atoms with van der Waals surface area (Å²) in [5, 5.41) is 3.26. The highest BCUT2D eigenvalue weighted by molar-refractivity contribution is 7.98. The van der Waals surface area contributed by atoms with Crippen LogP contribution in [0.1, 0.15) is 27.2 Å². The Balaban J connectivity index is 1.66. The van der Waals surface area contributed by atoms with Crippen LogP contribution in [0.3, 0.4) is 0 Å². The molecule has 0 fully saturated rings. The van der Waals surface area contributed by atoms with Crippen molar-refractivity contribution in [2.24, 2.45) is 0 Å². The second-order valence-corrected chi connectivity index (χ2v) is 9.45. The average Bonchev–Trinajstić information content (AvgIpc) is 3.27. The van der Waals surface area contributed by atoms with Gasteiger partial charge in [-0.2, -0.15) is 0 Å². The van der Waals surface area contributed by atoms with Gasteiger partial charge in [-0.3, -0.25) is 4.79 Å². The number of carbonyl (C=O) groups is 1. The van der Waals surface area contributed by atoms with Gasteiger partial charge in [-0.15, -0.1) is 11.8 Å². The Morgan fingerprint density at radius 2 is 1.90 bits per heavy atom. The number of aromatic nitrogens is 2. The number of hydrogen-bond donors (Lipinski definition) is 2. The minimum Gasteiger partial charge on any atom is -0.461 e. The van der Waals surface area contributed by atoms with Crippen molar-refractivity contribution in [3.8, 4) is 11.6 Å². The van der Waals surface area contributed by atoms with Crippen LogP contribution in [0.25, 0.3) is 11.6 Å². The zero-order valence-corrected chi connectivity index (χ0v) is 19.4. The number of hydrogen-bond acceptors (Lipinski definition) is 7. The number of nitrogens with zero attached hydrogens (tertiary/aromatic N) is 2. The molecule has 2 heterocycles. The highest BCUT2D eigenvalue weighted by Gasteiger charge is 2.20. The van der Waals surface area contributed by atoms with Crippen LogP contribution in [0.5, 0.6) is 0 Å². The predicted octanol–water partition coefficient (Wildman–Crippen LogP) is 3.09. The fraction of sp³-hybridized carbons (Fsp3) is 0.286. The summed E-state index contributed by atoms with van der Waals surface area (Å²) in [6, 6.07) is 8.75. The lowest BCUT2D eigenvalue weighted by Gasteiger charge is -2.13. The minimum atomic E-state index is -3.67. The number of thioether (sulfide) groups is 1. The van der Waals surface area contributed by atoms with Gasteiger partial charge in [0.2, 0.25) is 10.0 Å². The molecule has 0 bridgehead atoms. The van der Waals surface area contributed by atoms with Gasteiger partial charge in [0.05, 0.1) is 22.4 Å². The van der Waals surface area contributed by atoms with Gasteiger partial charge in [-0.1, -0.05) is 12.1 Å². The number of aryl methyl sites for hydroxylation is 3. The maximum Gasteiger partial charge on any atom is 0.255 e. The lowest BCUT2D eigenvalue weighted by molar-refractivity contribution is 0.0949.